The summed E-state index contributed by atoms with van der Waals surface area (Å²) in [4.78, 5) is 23.8. The van der Waals surface area contributed by atoms with Crippen LogP contribution in [0.15, 0.2) is 55.0 Å². The van der Waals surface area contributed by atoms with E-state index < -0.39 is 5.97 Å². The maximum absolute atomic E-state index is 12.4. The molecular weight excluding hydrogens is 326 g/mol. The minimum atomic E-state index is -0.417. The zero-order valence-electron chi connectivity index (χ0n) is 12.5. The van der Waals surface area contributed by atoms with Gasteiger partial charge in [0, 0.05) is 39.9 Å². The number of pyridine rings is 2. The van der Waals surface area contributed by atoms with Gasteiger partial charge in [-0.2, -0.15) is 0 Å². The second-order valence-corrected chi connectivity index (χ2v) is 5.73. The molecule has 0 aliphatic rings. The number of fused-ring (bicyclic) bond motifs is 2. The Kier molecular flexibility index (Phi) is 3.63. The van der Waals surface area contributed by atoms with Gasteiger partial charge in [-0.25, -0.2) is 4.79 Å². The lowest BCUT2D eigenvalue weighted by molar-refractivity contribution is 0.0471. The predicted octanol–water partition coefficient (Wildman–Crippen LogP) is 4.12. The molecule has 3 aromatic heterocycles. The van der Waals surface area contributed by atoms with Crippen molar-refractivity contribution in [1.29, 1.82) is 0 Å². The number of hydrogen-bond acceptors (Lipinski definition) is 4. The Morgan fingerprint density at radius 1 is 1.17 bits per heavy atom. The molecule has 4 rings (SSSR count). The van der Waals surface area contributed by atoms with Gasteiger partial charge in [0.25, 0.3) is 0 Å². The maximum Gasteiger partial charge on any atom is 0.339 e. The van der Waals surface area contributed by atoms with Crippen LogP contribution in [-0.4, -0.2) is 20.9 Å². The van der Waals surface area contributed by atoms with Crippen molar-refractivity contribution in [1.82, 2.24) is 15.0 Å². The number of benzene rings is 1. The van der Waals surface area contributed by atoms with Crippen LogP contribution in [0.1, 0.15) is 16.1 Å². The lowest BCUT2D eigenvalue weighted by Gasteiger charge is -2.06. The van der Waals surface area contributed by atoms with E-state index >= 15 is 0 Å². The molecule has 0 saturated carbocycles. The molecule has 0 aliphatic heterocycles. The van der Waals surface area contributed by atoms with Gasteiger partial charge in [-0.15, -0.1) is 0 Å². The first-order chi connectivity index (χ1) is 11.7. The number of rotatable bonds is 3. The van der Waals surface area contributed by atoms with Crippen molar-refractivity contribution in [2.24, 2.45) is 0 Å². The first-order valence-corrected chi connectivity index (χ1v) is 7.72. The fourth-order valence-corrected chi connectivity index (χ4v) is 2.87. The molecule has 24 heavy (non-hydrogen) atoms. The number of nitrogens with zero attached hydrogens (tertiary/aromatic N) is 2. The number of ether oxygens (including phenoxy) is 1. The first kappa shape index (κ1) is 14.7. The molecule has 1 N–H and O–H groups in total. The van der Waals surface area contributed by atoms with Crippen molar-refractivity contribution in [3.63, 3.8) is 0 Å². The molecule has 0 atom stereocenters. The lowest BCUT2D eigenvalue weighted by Crippen LogP contribution is -2.06. The summed E-state index contributed by atoms with van der Waals surface area (Å²) in [5.41, 5.74) is 2.84. The maximum atomic E-state index is 12.4. The van der Waals surface area contributed by atoms with Crippen LogP contribution in [0.2, 0.25) is 5.02 Å². The highest BCUT2D eigenvalue weighted by molar-refractivity contribution is 6.35. The average Bonchev–Trinajstić information content (AvgIpc) is 3.04. The summed E-state index contributed by atoms with van der Waals surface area (Å²) in [5.74, 6) is -0.417. The molecule has 0 unspecified atom stereocenters. The summed E-state index contributed by atoms with van der Waals surface area (Å²) < 4.78 is 5.42. The van der Waals surface area contributed by atoms with Gasteiger partial charge in [0.05, 0.1) is 16.8 Å². The zero-order chi connectivity index (χ0) is 16.5. The third-order valence-corrected chi connectivity index (χ3v) is 4.12. The first-order valence-electron chi connectivity index (χ1n) is 7.34. The van der Waals surface area contributed by atoms with Gasteiger partial charge >= 0.3 is 5.97 Å². The number of halogens is 1. The number of esters is 1. The van der Waals surface area contributed by atoms with Gasteiger partial charge in [-0.05, 0) is 30.3 Å². The summed E-state index contributed by atoms with van der Waals surface area (Å²) in [7, 11) is 0. The smallest absolute Gasteiger partial charge is 0.339 e. The van der Waals surface area contributed by atoms with Crippen LogP contribution >= 0.6 is 11.6 Å². The van der Waals surface area contributed by atoms with Gasteiger partial charge in [0.1, 0.15) is 6.61 Å². The summed E-state index contributed by atoms with van der Waals surface area (Å²) in [6.07, 6.45) is 4.84. The Morgan fingerprint density at radius 2 is 2.08 bits per heavy atom. The Balaban J connectivity index is 1.58. The molecule has 3 heterocycles. The summed E-state index contributed by atoms with van der Waals surface area (Å²) in [5, 5.41) is 2.24. The molecule has 0 bridgehead atoms. The number of aromatic amines is 1. The number of H-pyrrole nitrogens is 1. The second-order valence-electron chi connectivity index (χ2n) is 5.32. The molecule has 6 heteroatoms. The summed E-state index contributed by atoms with van der Waals surface area (Å²) in [6.45, 7) is 0.133. The Labute approximate surface area is 142 Å². The van der Waals surface area contributed by atoms with Crippen molar-refractivity contribution in [2.75, 3.05) is 0 Å². The molecule has 0 aliphatic carbocycles. The van der Waals surface area contributed by atoms with Crippen LogP contribution < -0.4 is 0 Å². The Morgan fingerprint density at radius 3 is 2.96 bits per heavy atom. The van der Waals surface area contributed by atoms with Gasteiger partial charge in [-0.1, -0.05) is 17.7 Å². The van der Waals surface area contributed by atoms with Crippen LogP contribution in [0.5, 0.6) is 0 Å². The van der Waals surface area contributed by atoms with Crippen LogP contribution in [0.25, 0.3) is 21.8 Å². The number of carbonyl (C=O) groups is 1. The number of aromatic nitrogens is 3. The van der Waals surface area contributed by atoms with E-state index in [0.29, 0.717) is 21.5 Å². The quantitative estimate of drug-likeness (QED) is 0.571. The van der Waals surface area contributed by atoms with Crippen molar-refractivity contribution in [3.05, 3.63) is 71.3 Å². The number of carbonyl (C=O) groups excluding carboxylic acids is 1. The van der Waals surface area contributed by atoms with E-state index in [-0.39, 0.29) is 6.61 Å². The van der Waals surface area contributed by atoms with Crippen molar-refractivity contribution < 1.29 is 9.53 Å². The van der Waals surface area contributed by atoms with Gasteiger partial charge in [0.15, 0.2) is 0 Å². The molecule has 5 nitrogen and oxygen atoms in total. The summed E-state index contributed by atoms with van der Waals surface area (Å²) in [6, 6.07) is 10.9. The van der Waals surface area contributed by atoms with Gasteiger partial charge in [-0.3, -0.25) is 9.97 Å². The van der Waals surface area contributed by atoms with E-state index in [4.69, 9.17) is 16.3 Å². The molecule has 0 radical (unpaired) electrons. The number of hydrogen-bond donors (Lipinski definition) is 1. The lowest BCUT2D eigenvalue weighted by atomic mass is 10.1. The summed E-state index contributed by atoms with van der Waals surface area (Å²) >= 11 is 6.15. The predicted molar refractivity (Wildman–Crippen MR) is 92.0 cm³/mol. The highest BCUT2D eigenvalue weighted by Gasteiger charge is 2.13. The van der Waals surface area contributed by atoms with E-state index in [0.717, 1.165) is 16.6 Å². The fraction of sp³-hybridized carbons (Fsp3) is 0.0556. The van der Waals surface area contributed by atoms with E-state index in [9.17, 15) is 4.79 Å². The van der Waals surface area contributed by atoms with Crippen LogP contribution in [0.3, 0.4) is 0 Å². The fourth-order valence-electron chi connectivity index (χ4n) is 2.64. The number of nitrogens with one attached hydrogen (secondary N) is 1. The third kappa shape index (κ3) is 2.59. The minimum Gasteiger partial charge on any atom is -0.456 e. The normalized spacial score (nSPS) is 11.0. The Bertz CT molecular complexity index is 1050. The SMILES string of the molecule is O=C(OCc1cc2c(Cl)cccc2[nH]1)c1ccnc2ccncc12. The van der Waals surface area contributed by atoms with E-state index in [1.54, 1.807) is 30.7 Å². The molecule has 118 valence electrons. The van der Waals surface area contributed by atoms with Crippen LogP contribution in [-0.2, 0) is 11.3 Å². The van der Waals surface area contributed by atoms with E-state index in [1.807, 2.05) is 24.3 Å². The average molecular weight is 338 g/mol. The largest absolute Gasteiger partial charge is 0.456 e. The van der Waals surface area contributed by atoms with Crippen molar-refractivity contribution in [3.8, 4) is 0 Å². The van der Waals surface area contributed by atoms with Crippen molar-refractivity contribution >= 4 is 39.4 Å². The van der Waals surface area contributed by atoms with E-state index in [1.165, 1.54) is 0 Å². The molecule has 4 aromatic rings. The zero-order valence-corrected chi connectivity index (χ0v) is 13.2. The highest BCUT2D eigenvalue weighted by atomic mass is 35.5. The van der Waals surface area contributed by atoms with Gasteiger partial charge in [0.2, 0.25) is 0 Å². The van der Waals surface area contributed by atoms with Gasteiger partial charge < -0.3 is 9.72 Å². The molecule has 0 saturated heterocycles. The second kappa shape index (κ2) is 5.94. The molecule has 0 fully saturated rings. The monoisotopic (exact) mass is 337 g/mol. The van der Waals surface area contributed by atoms with Crippen LogP contribution in [0.4, 0.5) is 0 Å². The molecule has 0 amide bonds. The van der Waals surface area contributed by atoms with E-state index in [2.05, 4.69) is 15.0 Å². The topological polar surface area (TPSA) is 67.9 Å². The molecular formula is C18H12ClN3O2. The molecule has 0 spiro atoms. The van der Waals surface area contributed by atoms with Crippen molar-refractivity contribution in [2.45, 2.75) is 6.61 Å². The third-order valence-electron chi connectivity index (χ3n) is 3.79. The Hall–Kier alpha value is -2.92. The standard InChI is InChI=1S/C18H12ClN3O2/c19-15-2-1-3-17-13(15)8-11(22-17)10-24-18(23)12-4-7-21-16-5-6-20-9-14(12)16/h1-9,22H,10H2. The van der Waals surface area contributed by atoms with Crippen LogP contribution in [0, 0.1) is 0 Å². The minimum absolute atomic E-state index is 0.133. The highest BCUT2D eigenvalue weighted by Crippen LogP contribution is 2.24. The molecule has 1 aromatic carbocycles.